The lowest BCUT2D eigenvalue weighted by molar-refractivity contribution is 0.0855. The van der Waals surface area contributed by atoms with E-state index in [4.69, 9.17) is 0 Å². The van der Waals surface area contributed by atoms with Crippen molar-refractivity contribution in [1.82, 2.24) is 10.3 Å². The van der Waals surface area contributed by atoms with Crippen LogP contribution in [0.15, 0.2) is 30.5 Å². The van der Waals surface area contributed by atoms with E-state index in [1.807, 2.05) is 0 Å². The Balaban J connectivity index is 1.99. The molecule has 1 aromatic heterocycles. The van der Waals surface area contributed by atoms with Crippen LogP contribution in [0.2, 0.25) is 0 Å². The Bertz CT molecular complexity index is 627. The molecular weight excluding hydrogens is 303 g/mol. The van der Waals surface area contributed by atoms with Gasteiger partial charge < -0.3 is 10.4 Å². The maximum absolute atomic E-state index is 12.9. The van der Waals surface area contributed by atoms with Gasteiger partial charge in [-0.1, -0.05) is 19.1 Å². The SMILES string of the molecule is CCCc1ncc(C(=O)NC(C)C(O)c2ccc(F)cc2)s1. The highest BCUT2D eigenvalue weighted by atomic mass is 32.1. The van der Waals surface area contributed by atoms with Crippen LogP contribution in [0.1, 0.15) is 46.6 Å². The highest BCUT2D eigenvalue weighted by Gasteiger charge is 2.20. The number of aromatic nitrogens is 1. The van der Waals surface area contributed by atoms with Crippen molar-refractivity contribution in [3.05, 3.63) is 51.7 Å². The van der Waals surface area contributed by atoms with Crippen molar-refractivity contribution < 1.29 is 14.3 Å². The second-order valence-electron chi connectivity index (χ2n) is 5.13. The van der Waals surface area contributed by atoms with Gasteiger partial charge in [0.1, 0.15) is 10.7 Å². The molecule has 1 amide bonds. The zero-order valence-electron chi connectivity index (χ0n) is 12.5. The van der Waals surface area contributed by atoms with E-state index in [1.54, 1.807) is 13.1 Å². The lowest BCUT2D eigenvalue weighted by atomic mass is 10.0. The predicted octanol–water partition coefficient (Wildman–Crippen LogP) is 3.09. The number of carbonyl (C=O) groups is 1. The maximum Gasteiger partial charge on any atom is 0.263 e. The van der Waals surface area contributed by atoms with Gasteiger partial charge in [-0.25, -0.2) is 9.37 Å². The van der Waals surface area contributed by atoms with Crippen molar-refractivity contribution in [2.75, 3.05) is 0 Å². The number of nitrogens with zero attached hydrogens (tertiary/aromatic N) is 1. The van der Waals surface area contributed by atoms with Crippen LogP contribution in [0.4, 0.5) is 4.39 Å². The molecule has 6 heteroatoms. The molecule has 2 aromatic rings. The molecule has 2 atom stereocenters. The number of amides is 1. The first kappa shape index (κ1) is 16.6. The van der Waals surface area contributed by atoms with Crippen molar-refractivity contribution in [2.45, 2.75) is 38.8 Å². The summed E-state index contributed by atoms with van der Waals surface area (Å²) < 4.78 is 12.9. The summed E-state index contributed by atoms with van der Waals surface area (Å²) in [6, 6.07) is 5.10. The molecule has 0 fully saturated rings. The van der Waals surface area contributed by atoms with Gasteiger partial charge in [-0.3, -0.25) is 4.79 Å². The second kappa shape index (κ2) is 7.47. The first-order valence-electron chi connectivity index (χ1n) is 7.20. The summed E-state index contributed by atoms with van der Waals surface area (Å²) in [6.45, 7) is 3.77. The van der Waals surface area contributed by atoms with Crippen LogP contribution in [0.25, 0.3) is 0 Å². The standard InChI is InChI=1S/C16H19FN2O2S/c1-3-4-14-18-9-13(22-14)16(21)19-10(2)15(20)11-5-7-12(17)8-6-11/h5-10,15,20H,3-4H2,1-2H3,(H,19,21). The minimum Gasteiger partial charge on any atom is -0.386 e. The minimum absolute atomic E-state index is 0.256. The van der Waals surface area contributed by atoms with E-state index in [0.29, 0.717) is 10.4 Å². The third-order valence-corrected chi connectivity index (χ3v) is 4.34. The molecule has 0 aliphatic carbocycles. The van der Waals surface area contributed by atoms with Gasteiger partial charge in [0.25, 0.3) is 5.91 Å². The van der Waals surface area contributed by atoms with Gasteiger partial charge in [-0.2, -0.15) is 0 Å². The Morgan fingerprint density at radius 1 is 1.41 bits per heavy atom. The van der Waals surface area contributed by atoms with Crippen LogP contribution in [0, 0.1) is 5.82 Å². The van der Waals surface area contributed by atoms with E-state index in [2.05, 4.69) is 17.2 Å². The molecule has 2 N–H and O–H groups in total. The molecule has 4 nitrogen and oxygen atoms in total. The summed E-state index contributed by atoms with van der Waals surface area (Å²) in [5.41, 5.74) is 0.560. The van der Waals surface area contributed by atoms with Crippen molar-refractivity contribution >= 4 is 17.2 Å². The van der Waals surface area contributed by atoms with Gasteiger partial charge in [-0.15, -0.1) is 11.3 Å². The molecule has 0 aliphatic rings. The summed E-state index contributed by atoms with van der Waals surface area (Å²) in [4.78, 5) is 16.9. The topological polar surface area (TPSA) is 62.2 Å². The van der Waals surface area contributed by atoms with Crippen LogP contribution < -0.4 is 5.32 Å². The van der Waals surface area contributed by atoms with Crippen LogP contribution in [0.5, 0.6) is 0 Å². The van der Waals surface area contributed by atoms with Gasteiger partial charge in [0.2, 0.25) is 0 Å². The molecule has 0 bridgehead atoms. The molecular formula is C16H19FN2O2S. The Hall–Kier alpha value is -1.79. The Morgan fingerprint density at radius 3 is 2.73 bits per heavy atom. The first-order chi connectivity index (χ1) is 10.5. The molecule has 0 aliphatic heterocycles. The largest absolute Gasteiger partial charge is 0.386 e. The van der Waals surface area contributed by atoms with Gasteiger partial charge in [-0.05, 0) is 37.5 Å². The number of benzene rings is 1. The van der Waals surface area contributed by atoms with Gasteiger partial charge in [0.05, 0.1) is 23.4 Å². The average Bonchev–Trinajstić information content (AvgIpc) is 2.96. The third kappa shape index (κ3) is 4.11. The number of aliphatic hydroxyl groups is 1. The quantitative estimate of drug-likeness (QED) is 0.859. The maximum atomic E-state index is 12.9. The smallest absolute Gasteiger partial charge is 0.263 e. The van der Waals surface area contributed by atoms with E-state index in [0.717, 1.165) is 17.8 Å². The number of carbonyl (C=O) groups excluding carboxylic acids is 1. The summed E-state index contributed by atoms with van der Waals surface area (Å²) in [7, 11) is 0. The Kier molecular flexibility index (Phi) is 5.63. The van der Waals surface area contributed by atoms with Crippen molar-refractivity contribution in [2.24, 2.45) is 0 Å². The van der Waals surface area contributed by atoms with E-state index in [1.165, 1.54) is 35.6 Å². The summed E-state index contributed by atoms with van der Waals surface area (Å²) in [6.07, 6.45) is 2.50. The lowest BCUT2D eigenvalue weighted by Crippen LogP contribution is -2.36. The van der Waals surface area contributed by atoms with Gasteiger partial charge in [0, 0.05) is 0 Å². The fraction of sp³-hybridized carbons (Fsp3) is 0.375. The molecule has 0 saturated heterocycles. The molecule has 118 valence electrons. The zero-order valence-corrected chi connectivity index (χ0v) is 13.4. The van der Waals surface area contributed by atoms with Crippen LogP contribution in [-0.4, -0.2) is 22.0 Å². The first-order valence-corrected chi connectivity index (χ1v) is 8.02. The van der Waals surface area contributed by atoms with E-state index in [-0.39, 0.29) is 11.7 Å². The number of aryl methyl sites for hydroxylation is 1. The highest BCUT2D eigenvalue weighted by Crippen LogP contribution is 2.19. The molecule has 0 radical (unpaired) electrons. The van der Waals surface area contributed by atoms with Crippen LogP contribution in [0.3, 0.4) is 0 Å². The average molecular weight is 322 g/mol. The van der Waals surface area contributed by atoms with Crippen LogP contribution in [-0.2, 0) is 6.42 Å². The number of hydrogen-bond acceptors (Lipinski definition) is 4. The molecule has 2 rings (SSSR count). The van der Waals surface area contributed by atoms with Crippen molar-refractivity contribution in [1.29, 1.82) is 0 Å². The minimum atomic E-state index is -0.896. The molecule has 1 heterocycles. The molecule has 0 spiro atoms. The van der Waals surface area contributed by atoms with Crippen molar-refractivity contribution in [3.63, 3.8) is 0 Å². The van der Waals surface area contributed by atoms with E-state index in [9.17, 15) is 14.3 Å². The zero-order chi connectivity index (χ0) is 16.1. The molecule has 22 heavy (non-hydrogen) atoms. The summed E-state index contributed by atoms with van der Waals surface area (Å²) >= 11 is 1.36. The number of halogens is 1. The number of aliphatic hydroxyl groups excluding tert-OH is 1. The summed E-state index contributed by atoms with van der Waals surface area (Å²) in [5.74, 6) is -0.616. The molecule has 2 unspecified atom stereocenters. The van der Waals surface area contributed by atoms with Crippen LogP contribution >= 0.6 is 11.3 Å². The number of nitrogens with one attached hydrogen (secondary N) is 1. The summed E-state index contributed by atoms with van der Waals surface area (Å²) in [5, 5.41) is 13.9. The highest BCUT2D eigenvalue weighted by molar-refractivity contribution is 7.13. The lowest BCUT2D eigenvalue weighted by Gasteiger charge is -2.20. The fourth-order valence-electron chi connectivity index (χ4n) is 2.05. The normalized spacial score (nSPS) is 13.6. The number of thiazole rings is 1. The Morgan fingerprint density at radius 2 is 2.09 bits per heavy atom. The number of hydrogen-bond donors (Lipinski definition) is 2. The third-order valence-electron chi connectivity index (χ3n) is 3.29. The molecule has 0 saturated carbocycles. The monoisotopic (exact) mass is 322 g/mol. The number of rotatable bonds is 6. The van der Waals surface area contributed by atoms with Gasteiger partial charge in [0.15, 0.2) is 0 Å². The Labute approximate surface area is 133 Å². The molecule has 1 aromatic carbocycles. The fourth-order valence-corrected chi connectivity index (χ4v) is 2.97. The van der Waals surface area contributed by atoms with Gasteiger partial charge >= 0.3 is 0 Å². The van der Waals surface area contributed by atoms with E-state index < -0.39 is 12.1 Å². The van der Waals surface area contributed by atoms with E-state index >= 15 is 0 Å². The second-order valence-corrected chi connectivity index (χ2v) is 6.24. The predicted molar refractivity (Wildman–Crippen MR) is 84.4 cm³/mol. The van der Waals surface area contributed by atoms with Crippen molar-refractivity contribution in [3.8, 4) is 0 Å².